The Kier molecular flexibility index (Phi) is 3.09. The molecule has 0 aromatic rings. The van der Waals surface area contributed by atoms with Crippen molar-refractivity contribution in [1.82, 2.24) is 5.32 Å². The third kappa shape index (κ3) is 2.04. The van der Waals surface area contributed by atoms with Crippen molar-refractivity contribution in [3.05, 3.63) is 12.7 Å². The molecular formula is C9H17NO. The van der Waals surface area contributed by atoms with Crippen molar-refractivity contribution in [1.29, 1.82) is 0 Å². The molecule has 1 rings (SSSR count). The molecule has 64 valence electrons. The molecule has 0 aromatic carbocycles. The zero-order valence-electron chi connectivity index (χ0n) is 6.97. The molecule has 11 heavy (non-hydrogen) atoms. The van der Waals surface area contributed by atoms with Crippen molar-refractivity contribution in [3.63, 3.8) is 0 Å². The summed E-state index contributed by atoms with van der Waals surface area (Å²) in [7, 11) is 0. The standard InChI is InChI=1S/C9H17NO/c1-2-3-7-10-9(8-11)5-4-6-9/h2,10-11H,1,3-8H2. The summed E-state index contributed by atoms with van der Waals surface area (Å²) in [6.07, 6.45) is 6.39. The molecule has 0 atom stereocenters. The molecule has 2 heteroatoms. The molecule has 0 unspecified atom stereocenters. The lowest BCUT2D eigenvalue weighted by atomic mass is 9.77. The summed E-state index contributed by atoms with van der Waals surface area (Å²) >= 11 is 0. The van der Waals surface area contributed by atoms with Crippen molar-refractivity contribution >= 4 is 0 Å². The molecule has 0 bridgehead atoms. The Hall–Kier alpha value is -0.340. The summed E-state index contributed by atoms with van der Waals surface area (Å²) in [5, 5.41) is 12.4. The Balaban J connectivity index is 2.16. The van der Waals surface area contributed by atoms with Crippen LogP contribution in [0.3, 0.4) is 0 Å². The van der Waals surface area contributed by atoms with Crippen molar-refractivity contribution < 1.29 is 5.11 Å². The van der Waals surface area contributed by atoms with Crippen molar-refractivity contribution in [3.8, 4) is 0 Å². The van der Waals surface area contributed by atoms with Crippen LogP contribution in [0, 0.1) is 0 Å². The van der Waals surface area contributed by atoms with E-state index in [0.717, 1.165) is 25.8 Å². The Labute approximate surface area is 68.3 Å². The normalized spacial score (nSPS) is 20.8. The van der Waals surface area contributed by atoms with Crippen LogP contribution in [0.15, 0.2) is 12.7 Å². The Morgan fingerprint density at radius 2 is 2.27 bits per heavy atom. The fourth-order valence-electron chi connectivity index (χ4n) is 1.43. The SMILES string of the molecule is C=CCCNC1(CO)CCC1. The number of aliphatic hydroxyl groups excluding tert-OH is 1. The lowest BCUT2D eigenvalue weighted by Crippen LogP contribution is -2.54. The summed E-state index contributed by atoms with van der Waals surface area (Å²) < 4.78 is 0. The van der Waals surface area contributed by atoms with E-state index in [4.69, 9.17) is 5.11 Å². The van der Waals surface area contributed by atoms with E-state index >= 15 is 0 Å². The van der Waals surface area contributed by atoms with Crippen LogP contribution < -0.4 is 5.32 Å². The summed E-state index contributed by atoms with van der Waals surface area (Å²) in [4.78, 5) is 0. The van der Waals surface area contributed by atoms with Crippen LogP contribution in [0.25, 0.3) is 0 Å². The maximum absolute atomic E-state index is 9.05. The van der Waals surface area contributed by atoms with E-state index in [9.17, 15) is 0 Å². The van der Waals surface area contributed by atoms with Gasteiger partial charge in [-0.1, -0.05) is 6.08 Å². The molecule has 2 N–H and O–H groups in total. The van der Waals surface area contributed by atoms with Crippen LogP contribution in [0.2, 0.25) is 0 Å². The van der Waals surface area contributed by atoms with Gasteiger partial charge in [0, 0.05) is 5.54 Å². The van der Waals surface area contributed by atoms with Gasteiger partial charge in [0.25, 0.3) is 0 Å². The van der Waals surface area contributed by atoms with Gasteiger partial charge in [-0.05, 0) is 32.2 Å². The van der Waals surface area contributed by atoms with Gasteiger partial charge in [-0.25, -0.2) is 0 Å². The smallest absolute Gasteiger partial charge is 0.0613 e. The molecule has 1 aliphatic carbocycles. The number of hydrogen-bond donors (Lipinski definition) is 2. The van der Waals surface area contributed by atoms with E-state index < -0.39 is 0 Å². The monoisotopic (exact) mass is 155 g/mol. The van der Waals surface area contributed by atoms with Crippen molar-refractivity contribution in [2.75, 3.05) is 13.2 Å². The topological polar surface area (TPSA) is 32.3 Å². The van der Waals surface area contributed by atoms with E-state index in [1.807, 2.05) is 6.08 Å². The maximum Gasteiger partial charge on any atom is 0.0613 e. The van der Waals surface area contributed by atoms with Crippen molar-refractivity contribution in [2.24, 2.45) is 0 Å². The summed E-state index contributed by atoms with van der Waals surface area (Å²) in [5.41, 5.74) is 0.0724. The highest BCUT2D eigenvalue weighted by Crippen LogP contribution is 2.30. The second-order valence-electron chi connectivity index (χ2n) is 3.30. The summed E-state index contributed by atoms with van der Waals surface area (Å²) in [6.45, 7) is 4.88. The quantitative estimate of drug-likeness (QED) is 0.460. The zero-order chi connectivity index (χ0) is 8.16. The lowest BCUT2D eigenvalue weighted by molar-refractivity contribution is 0.0897. The van der Waals surface area contributed by atoms with Gasteiger partial charge in [-0.2, -0.15) is 0 Å². The molecule has 1 aliphatic rings. The van der Waals surface area contributed by atoms with Crippen molar-refractivity contribution in [2.45, 2.75) is 31.2 Å². The highest BCUT2D eigenvalue weighted by Gasteiger charge is 2.35. The molecule has 0 spiro atoms. The van der Waals surface area contributed by atoms with Crippen LogP contribution in [0.5, 0.6) is 0 Å². The average molecular weight is 155 g/mol. The van der Waals surface area contributed by atoms with Gasteiger partial charge in [0.15, 0.2) is 0 Å². The van der Waals surface area contributed by atoms with E-state index in [1.165, 1.54) is 6.42 Å². The highest BCUT2D eigenvalue weighted by atomic mass is 16.3. The van der Waals surface area contributed by atoms with E-state index in [0.29, 0.717) is 0 Å². The predicted molar refractivity (Wildman–Crippen MR) is 46.5 cm³/mol. The summed E-state index contributed by atoms with van der Waals surface area (Å²) in [5.74, 6) is 0. The van der Waals surface area contributed by atoms with Gasteiger partial charge in [0.05, 0.1) is 6.61 Å². The molecule has 2 nitrogen and oxygen atoms in total. The first-order valence-corrected chi connectivity index (χ1v) is 4.30. The first kappa shape index (κ1) is 8.75. The third-order valence-corrected chi connectivity index (χ3v) is 2.46. The predicted octanol–water partition coefficient (Wildman–Crippen LogP) is 1.07. The molecule has 1 saturated carbocycles. The van der Waals surface area contributed by atoms with Crippen LogP contribution in [-0.4, -0.2) is 23.8 Å². The summed E-state index contributed by atoms with van der Waals surface area (Å²) in [6, 6.07) is 0. The number of hydrogen-bond acceptors (Lipinski definition) is 2. The molecule has 0 aliphatic heterocycles. The molecule has 1 fully saturated rings. The highest BCUT2D eigenvalue weighted by molar-refractivity contribution is 4.95. The van der Waals surface area contributed by atoms with Crippen LogP contribution in [0.1, 0.15) is 25.7 Å². The lowest BCUT2D eigenvalue weighted by Gasteiger charge is -2.41. The minimum atomic E-state index is 0.0724. The van der Waals surface area contributed by atoms with E-state index in [-0.39, 0.29) is 12.1 Å². The molecule has 0 saturated heterocycles. The maximum atomic E-state index is 9.05. The van der Waals surface area contributed by atoms with E-state index in [1.54, 1.807) is 0 Å². The second kappa shape index (κ2) is 3.88. The minimum absolute atomic E-state index is 0.0724. The van der Waals surface area contributed by atoms with Gasteiger partial charge < -0.3 is 10.4 Å². The third-order valence-electron chi connectivity index (χ3n) is 2.46. The molecular weight excluding hydrogens is 138 g/mol. The zero-order valence-corrected chi connectivity index (χ0v) is 6.97. The Morgan fingerprint density at radius 3 is 2.64 bits per heavy atom. The molecule has 0 aromatic heterocycles. The van der Waals surface area contributed by atoms with Crippen LogP contribution in [-0.2, 0) is 0 Å². The van der Waals surface area contributed by atoms with Crippen LogP contribution >= 0.6 is 0 Å². The Morgan fingerprint density at radius 1 is 1.55 bits per heavy atom. The van der Waals surface area contributed by atoms with Crippen LogP contribution in [0.4, 0.5) is 0 Å². The average Bonchev–Trinajstić information content (AvgIpc) is 1.95. The first-order chi connectivity index (χ1) is 5.33. The Bertz CT molecular complexity index is 124. The second-order valence-corrected chi connectivity index (χ2v) is 3.30. The number of aliphatic hydroxyl groups is 1. The van der Waals surface area contributed by atoms with Gasteiger partial charge in [0.2, 0.25) is 0 Å². The first-order valence-electron chi connectivity index (χ1n) is 4.30. The fourth-order valence-corrected chi connectivity index (χ4v) is 1.43. The molecule has 0 heterocycles. The number of rotatable bonds is 5. The van der Waals surface area contributed by atoms with Gasteiger partial charge in [0.1, 0.15) is 0 Å². The van der Waals surface area contributed by atoms with Gasteiger partial charge in [-0.15, -0.1) is 6.58 Å². The molecule has 0 radical (unpaired) electrons. The van der Waals surface area contributed by atoms with E-state index in [2.05, 4.69) is 11.9 Å². The number of nitrogens with one attached hydrogen (secondary N) is 1. The van der Waals surface area contributed by atoms with Gasteiger partial charge >= 0.3 is 0 Å². The van der Waals surface area contributed by atoms with Gasteiger partial charge in [-0.3, -0.25) is 0 Å². The fraction of sp³-hybridized carbons (Fsp3) is 0.778. The largest absolute Gasteiger partial charge is 0.394 e. The molecule has 0 amide bonds. The minimum Gasteiger partial charge on any atom is -0.394 e.